The van der Waals surface area contributed by atoms with Crippen molar-refractivity contribution in [2.45, 2.75) is 24.0 Å². The Morgan fingerprint density at radius 3 is 2.47 bits per heavy atom. The fourth-order valence-corrected chi connectivity index (χ4v) is 5.85. The molecule has 1 N–H and O–H groups in total. The van der Waals surface area contributed by atoms with Crippen molar-refractivity contribution in [3.05, 3.63) is 106 Å². The Morgan fingerprint density at radius 2 is 1.79 bits per heavy atom. The van der Waals surface area contributed by atoms with Gasteiger partial charge in [0.15, 0.2) is 11.6 Å². The molecule has 5 aromatic rings. The van der Waals surface area contributed by atoms with E-state index in [2.05, 4.69) is 32.9 Å². The number of pyridine rings is 1. The Bertz CT molecular complexity index is 1990. The van der Waals surface area contributed by atoms with E-state index in [9.17, 15) is 14.4 Å². The molecule has 2 unspecified atom stereocenters. The monoisotopic (exact) mass is 753 g/mol. The normalized spacial score (nSPS) is 12.5. The summed E-state index contributed by atoms with van der Waals surface area (Å²) in [6, 6.07) is 19.7. The zero-order chi connectivity index (χ0) is 33.8. The van der Waals surface area contributed by atoms with E-state index in [1.807, 2.05) is 6.07 Å². The molecule has 5 rings (SSSR count). The number of carbonyl (C=O) groups is 2. The zero-order valence-electron chi connectivity index (χ0n) is 26.4. The zero-order valence-corrected chi connectivity index (χ0v) is 28.5. The molecule has 2 atom stereocenters. The summed E-state index contributed by atoms with van der Waals surface area (Å²) in [5, 5.41) is 3.31. The number of benzene rings is 3. The minimum Gasteiger partial charge on any atom is -0.497 e. The van der Waals surface area contributed by atoms with Crippen LogP contribution in [0.1, 0.15) is 27.0 Å². The van der Waals surface area contributed by atoms with Crippen molar-refractivity contribution in [3.8, 4) is 22.9 Å². The molecule has 1 amide bonds. The molecule has 2 aromatic heterocycles. The largest absolute Gasteiger partial charge is 0.497 e. The van der Waals surface area contributed by atoms with Crippen molar-refractivity contribution < 1.29 is 28.2 Å². The number of esters is 1. The van der Waals surface area contributed by atoms with Crippen molar-refractivity contribution in [3.63, 3.8) is 0 Å². The third-order valence-corrected chi connectivity index (χ3v) is 8.80. The van der Waals surface area contributed by atoms with Crippen molar-refractivity contribution in [1.29, 1.82) is 0 Å². The van der Waals surface area contributed by atoms with Gasteiger partial charge in [0.25, 0.3) is 11.5 Å². The molecule has 0 bridgehead atoms. The molecule has 3 aromatic carbocycles. The van der Waals surface area contributed by atoms with Crippen LogP contribution < -0.4 is 20.3 Å². The highest BCUT2D eigenvalue weighted by Crippen LogP contribution is 2.33. The lowest BCUT2D eigenvalue weighted by molar-refractivity contribution is -0.149. The lowest BCUT2D eigenvalue weighted by Gasteiger charge is -2.25. The molecule has 13 heteroatoms. The van der Waals surface area contributed by atoms with Gasteiger partial charge in [0.05, 0.1) is 30.6 Å². The number of hydrogen-bond acceptors (Lipinski definition) is 8. The van der Waals surface area contributed by atoms with Gasteiger partial charge in [0, 0.05) is 29.4 Å². The van der Waals surface area contributed by atoms with Crippen LogP contribution >= 0.6 is 22.6 Å². The summed E-state index contributed by atoms with van der Waals surface area (Å²) >= 11 is 2.09. The minimum absolute atomic E-state index is 0.0642. The summed E-state index contributed by atoms with van der Waals surface area (Å²) in [4.78, 5) is 45.9. The van der Waals surface area contributed by atoms with Gasteiger partial charge >= 0.3 is 5.97 Å². The molecule has 244 valence electrons. The van der Waals surface area contributed by atoms with Crippen LogP contribution in [0.2, 0.25) is 0 Å². The second-order valence-corrected chi connectivity index (χ2v) is 12.2. The first-order chi connectivity index (χ1) is 22.5. The molecule has 2 heterocycles. The number of likely N-dealkylation sites (N-methyl/N-ethyl adjacent to an activating group) is 1. The first kappa shape index (κ1) is 33.6. The third kappa shape index (κ3) is 7.30. The maximum absolute atomic E-state index is 15.3. The molecule has 0 fully saturated rings. The maximum atomic E-state index is 15.3. The van der Waals surface area contributed by atoms with Crippen LogP contribution in [-0.4, -0.2) is 65.0 Å². The lowest BCUT2D eigenvalue weighted by Crippen LogP contribution is -2.32. The summed E-state index contributed by atoms with van der Waals surface area (Å²) in [6.07, 6.45) is 0.899. The van der Waals surface area contributed by atoms with Crippen molar-refractivity contribution in [2.75, 3.05) is 33.1 Å². The summed E-state index contributed by atoms with van der Waals surface area (Å²) in [5.74, 6) is -0.918. The van der Waals surface area contributed by atoms with Crippen LogP contribution in [0.4, 0.5) is 10.1 Å². The lowest BCUT2D eigenvalue weighted by atomic mass is 10.2. The summed E-state index contributed by atoms with van der Waals surface area (Å²) in [5.41, 5.74) is 0.877. The Labute approximate surface area is 284 Å². The molecule has 11 nitrogen and oxygen atoms in total. The minimum atomic E-state index is -0.724. The standard InChI is InChI=1S/C34H33FIN5O6/c1-20-31(34(44)41(23-9-7-6-8-10-23)40(20)32(36)21(2)46-30(42)19-39(3)4)33(43)38-22-11-14-29(26(35)17-22)47-28-15-16-37-27-18-24(45-5)12-13-25(27)28/h6-18,21,32H,19H2,1-5H3,(H,38,43). The molecular weight excluding hydrogens is 720 g/mol. The number of methoxy groups -OCH3 is 1. The van der Waals surface area contributed by atoms with E-state index < -0.39 is 33.4 Å². The number of hydrogen-bond donors (Lipinski definition) is 1. The molecule has 0 aliphatic rings. The predicted octanol–water partition coefficient (Wildman–Crippen LogP) is 6.11. The summed E-state index contributed by atoms with van der Waals surface area (Å²) in [6.45, 7) is 3.45. The molecule has 0 saturated carbocycles. The summed E-state index contributed by atoms with van der Waals surface area (Å²) < 4.78 is 34.5. The number of fused-ring (bicyclic) bond motifs is 1. The number of carbonyl (C=O) groups excluding carboxylic acids is 2. The first-order valence-corrected chi connectivity index (χ1v) is 15.8. The van der Waals surface area contributed by atoms with Crippen molar-refractivity contribution >= 4 is 51.1 Å². The Kier molecular flexibility index (Phi) is 10.3. The van der Waals surface area contributed by atoms with Gasteiger partial charge in [-0.15, -0.1) is 0 Å². The van der Waals surface area contributed by atoms with Gasteiger partial charge in [0.1, 0.15) is 27.2 Å². The molecule has 47 heavy (non-hydrogen) atoms. The quantitative estimate of drug-likeness (QED) is 0.0976. The van der Waals surface area contributed by atoms with E-state index >= 15 is 4.39 Å². The number of ether oxygens (including phenoxy) is 3. The van der Waals surface area contributed by atoms with Gasteiger partial charge in [-0.1, -0.05) is 40.8 Å². The fourth-order valence-electron chi connectivity index (χ4n) is 5.04. The Morgan fingerprint density at radius 1 is 1.04 bits per heavy atom. The van der Waals surface area contributed by atoms with Crippen LogP contribution in [-0.2, 0) is 9.53 Å². The van der Waals surface area contributed by atoms with Crippen LogP contribution in [0, 0.1) is 12.7 Å². The second kappa shape index (κ2) is 14.3. The van der Waals surface area contributed by atoms with E-state index in [0.717, 1.165) is 6.07 Å². The van der Waals surface area contributed by atoms with Gasteiger partial charge in [0.2, 0.25) is 0 Å². The van der Waals surface area contributed by atoms with Crippen molar-refractivity contribution in [2.24, 2.45) is 0 Å². The Balaban J connectivity index is 1.43. The van der Waals surface area contributed by atoms with E-state index in [4.69, 9.17) is 14.2 Å². The SMILES string of the molecule is COc1ccc2c(Oc3ccc(NC(=O)c4c(C)n(C(I)C(C)OC(=O)CN(C)C)n(-c5ccccc5)c4=O)cc3F)ccnc2c1. The number of alkyl halides is 1. The van der Waals surface area contributed by atoms with Crippen molar-refractivity contribution in [1.82, 2.24) is 19.2 Å². The number of nitrogens with zero attached hydrogens (tertiary/aromatic N) is 4. The smallest absolute Gasteiger partial charge is 0.320 e. The number of rotatable bonds is 11. The highest BCUT2D eigenvalue weighted by Gasteiger charge is 2.30. The molecule has 0 radical (unpaired) electrons. The summed E-state index contributed by atoms with van der Waals surface area (Å²) in [7, 11) is 5.07. The number of amides is 1. The van der Waals surface area contributed by atoms with Gasteiger partial charge in [-0.2, -0.15) is 0 Å². The van der Waals surface area contributed by atoms with Gasteiger partial charge in [-0.3, -0.25) is 28.9 Å². The van der Waals surface area contributed by atoms with Crippen LogP contribution in [0.25, 0.3) is 16.6 Å². The number of nitrogens with one attached hydrogen (secondary N) is 1. The predicted molar refractivity (Wildman–Crippen MR) is 185 cm³/mol. The van der Waals surface area contributed by atoms with E-state index in [0.29, 0.717) is 33.8 Å². The topological polar surface area (TPSA) is 117 Å². The van der Waals surface area contributed by atoms with Gasteiger partial charge < -0.3 is 19.5 Å². The van der Waals surface area contributed by atoms with Crippen LogP contribution in [0.15, 0.2) is 83.8 Å². The highest BCUT2D eigenvalue weighted by atomic mass is 127. The molecule has 0 aliphatic carbocycles. The Hall–Kier alpha value is -4.76. The average Bonchev–Trinajstić information content (AvgIpc) is 3.30. The van der Waals surface area contributed by atoms with Gasteiger partial charge in [-0.05, 0) is 70.4 Å². The first-order valence-electron chi connectivity index (χ1n) is 14.6. The molecule has 0 aliphatic heterocycles. The van der Waals surface area contributed by atoms with Crippen LogP contribution in [0.3, 0.4) is 0 Å². The van der Waals surface area contributed by atoms with E-state index in [1.165, 1.54) is 16.8 Å². The van der Waals surface area contributed by atoms with E-state index in [1.54, 1.807) is 99.4 Å². The number of halogens is 2. The maximum Gasteiger partial charge on any atom is 0.320 e. The van der Waals surface area contributed by atoms with Crippen LogP contribution in [0.5, 0.6) is 17.2 Å². The number of anilines is 1. The molecule has 0 spiro atoms. The second-order valence-electron chi connectivity index (χ2n) is 11.0. The molecule has 0 saturated heterocycles. The number of para-hydroxylation sites is 1. The van der Waals surface area contributed by atoms with E-state index in [-0.39, 0.29) is 23.5 Å². The fraction of sp³-hybridized carbons (Fsp3) is 0.235. The number of aromatic nitrogens is 3. The molecular formula is C34H33FIN5O6. The highest BCUT2D eigenvalue weighted by molar-refractivity contribution is 14.1. The third-order valence-electron chi connectivity index (χ3n) is 7.26. The average molecular weight is 754 g/mol. The van der Waals surface area contributed by atoms with Gasteiger partial charge in [-0.25, -0.2) is 9.07 Å².